The number of nitrogens with one attached hydrogen (secondary N) is 2. The lowest BCUT2D eigenvalue weighted by Gasteiger charge is -2.01. The van der Waals surface area contributed by atoms with Crippen LogP contribution in [0.2, 0.25) is 0 Å². The molecule has 0 heterocycles. The molecular formula is C13H15N3O3. The maximum absolute atomic E-state index is 11.3. The van der Waals surface area contributed by atoms with E-state index in [1.807, 2.05) is 0 Å². The third kappa shape index (κ3) is 5.03. The summed E-state index contributed by atoms with van der Waals surface area (Å²) >= 11 is 0. The molecule has 1 rings (SSSR count). The molecule has 2 amide bonds. The van der Waals surface area contributed by atoms with E-state index < -0.39 is 11.8 Å². The molecule has 0 aromatic heterocycles. The van der Waals surface area contributed by atoms with Gasteiger partial charge in [-0.2, -0.15) is 5.10 Å². The number of hydrogen-bond donors (Lipinski definition) is 2. The summed E-state index contributed by atoms with van der Waals surface area (Å²) in [6, 6.07) is 7.11. The fourth-order valence-corrected chi connectivity index (χ4v) is 1.18. The van der Waals surface area contributed by atoms with Crippen LogP contribution in [0.5, 0.6) is 5.75 Å². The zero-order valence-corrected chi connectivity index (χ0v) is 10.6. The first-order valence-electron chi connectivity index (χ1n) is 5.53. The number of hydrazone groups is 1. The van der Waals surface area contributed by atoms with Crippen molar-refractivity contribution in [2.24, 2.45) is 5.10 Å². The van der Waals surface area contributed by atoms with E-state index >= 15 is 0 Å². The van der Waals surface area contributed by atoms with Gasteiger partial charge in [-0.15, -0.1) is 6.58 Å². The monoisotopic (exact) mass is 261 g/mol. The predicted octanol–water partition coefficient (Wildman–Crippen LogP) is 0.447. The van der Waals surface area contributed by atoms with Gasteiger partial charge >= 0.3 is 11.8 Å². The zero-order chi connectivity index (χ0) is 14.1. The fourth-order valence-electron chi connectivity index (χ4n) is 1.18. The van der Waals surface area contributed by atoms with Crippen molar-refractivity contribution in [1.29, 1.82) is 0 Å². The summed E-state index contributed by atoms with van der Waals surface area (Å²) in [5.41, 5.74) is 2.86. The van der Waals surface area contributed by atoms with E-state index in [0.717, 1.165) is 5.56 Å². The summed E-state index contributed by atoms with van der Waals surface area (Å²) < 4.78 is 5.04. The molecule has 1 aromatic carbocycles. The Hall–Kier alpha value is -2.63. The Kier molecular flexibility index (Phi) is 5.81. The number of carbonyl (C=O) groups is 2. The molecule has 2 N–H and O–H groups in total. The van der Waals surface area contributed by atoms with Crippen molar-refractivity contribution in [3.8, 4) is 5.75 Å². The van der Waals surface area contributed by atoms with Gasteiger partial charge in [0, 0.05) is 6.54 Å². The fraction of sp³-hybridized carbons (Fsp3) is 0.154. The van der Waals surface area contributed by atoms with Crippen LogP contribution >= 0.6 is 0 Å². The first-order valence-corrected chi connectivity index (χ1v) is 5.53. The van der Waals surface area contributed by atoms with Crippen LogP contribution in [0.15, 0.2) is 42.0 Å². The Morgan fingerprint density at radius 2 is 2.21 bits per heavy atom. The number of ether oxygens (including phenoxy) is 1. The van der Waals surface area contributed by atoms with Crippen LogP contribution in [0.4, 0.5) is 0 Å². The molecule has 0 aliphatic heterocycles. The van der Waals surface area contributed by atoms with Gasteiger partial charge in [0.15, 0.2) is 0 Å². The molecule has 0 fully saturated rings. The van der Waals surface area contributed by atoms with Crippen molar-refractivity contribution >= 4 is 18.0 Å². The van der Waals surface area contributed by atoms with Crippen molar-refractivity contribution in [2.75, 3.05) is 13.7 Å². The molecule has 0 bridgehead atoms. The molecule has 0 unspecified atom stereocenters. The van der Waals surface area contributed by atoms with Crippen molar-refractivity contribution < 1.29 is 14.3 Å². The van der Waals surface area contributed by atoms with Gasteiger partial charge in [-0.3, -0.25) is 9.59 Å². The molecule has 0 atom stereocenters. The van der Waals surface area contributed by atoms with Crippen LogP contribution in [-0.2, 0) is 9.59 Å². The van der Waals surface area contributed by atoms with Gasteiger partial charge in [-0.1, -0.05) is 18.2 Å². The smallest absolute Gasteiger partial charge is 0.329 e. The lowest BCUT2D eigenvalue weighted by molar-refractivity contribution is -0.139. The van der Waals surface area contributed by atoms with Crippen molar-refractivity contribution in [1.82, 2.24) is 10.7 Å². The standard InChI is InChI=1S/C13H15N3O3/c1-3-7-14-12(17)13(18)16-15-9-10-5-4-6-11(8-10)19-2/h3-6,8-9H,1,7H2,2H3,(H,14,17)(H,16,18)/b15-9+. The summed E-state index contributed by atoms with van der Waals surface area (Å²) in [5.74, 6) is -0.914. The molecule has 0 saturated heterocycles. The molecule has 19 heavy (non-hydrogen) atoms. The van der Waals surface area contributed by atoms with E-state index in [-0.39, 0.29) is 6.54 Å². The molecular weight excluding hydrogens is 246 g/mol. The molecule has 0 aliphatic carbocycles. The predicted molar refractivity (Wildman–Crippen MR) is 71.9 cm³/mol. The number of amides is 2. The second-order valence-electron chi connectivity index (χ2n) is 3.47. The number of rotatable bonds is 5. The molecule has 6 heteroatoms. The van der Waals surface area contributed by atoms with Gasteiger partial charge < -0.3 is 10.1 Å². The van der Waals surface area contributed by atoms with Gasteiger partial charge in [-0.25, -0.2) is 5.43 Å². The third-order valence-electron chi connectivity index (χ3n) is 2.09. The number of methoxy groups -OCH3 is 1. The summed E-state index contributed by atoms with van der Waals surface area (Å²) in [5, 5.41) is 6.02. The average molecular weight is 261 g/mol. The molecule has 0 saturated carbocycles. The Balaban J connectivity index is 2.50. The van der Waals surface area contributed by atoms with E-state index in [0.29, 0.717) is 5.75 Å². The van der Waals surface area contributed by atoms with Crippen LogP contribution in [0.25, 0.3) is 0 Å². The Morgan fingerprint density at radius 1 is 1.42 bits per heavy atom. The highest BCUT2D eigenvalue weighted by Gasteiger charge is 2.10. The molecule has 0 radical (unpaired) electrons. The Morgan fingerprint density at radius 3 is 2.89 bits per heavy atom. The maximum Gasteiger partial charge on any atom is 0.329 e. The quantitative estimate of drug-likeness (QED) is 0.349. The van der Waals surface area contributed by atoms with Gasteiger partial charge in [-0.05, 0) is 17.7 Å². The Labute approximate surface area is 111 Å². The minimum Gasteiger partial charge on any atom is -0.497 e. The van der Waals surface area contributed by atoms with E-state index in [2.05, 4.69) is 22.4 Å². The summed E-state index contributed by atoms with van der Waals surface area (Å²) in [6.07, 6.45) is 2.89. The lowest BCUT2D eigenvalue weighted by Crippen LogP contribution is -2.37. The highest BCUT2D eigenvalue weighted by Crippen LogP contribution is 2.10. The minimum absolute atomic E-state index is 0.228. The molecule has 6 nitrogen and oxygen atoms in total. The Bertz CT molecular complexity index is 498. The van der Waals surface area contributed by atoms with Crippen LogP contribution < -0.4 is 15.5 Å². The van der Waals surface area contributed by atoms with E-state index in [1.165, 1.54) is 12.3 Å². The van der Waals surface area contributed by atoms with Crippen LogP contribution in [0.1, 0.15) is 5.56 Å². The lowest BCUT2D eigenvalue weighted by atomic mass is 10.2. The number of benzene rings is 1. The number of carbonyl (C=O) groups excluding carboxylic acids is 2. The summed E-state index contributed by atoms with van der Waals surface area (Å²) in [7, 11) is 1.56. The second-order valence-corrected chi connectivity index (χ2v) is 3.47. The van der Waals surface area contributed by atoms with E-state index in [9.17, 15) is 9.59 Å². The van der Waals surface area contributed by atoms with E-state index in [4.69, 9.17) is 4.74 Å². The van der Waals surface area contributed by atoms with Crippen LogP contribution in [-0.4, -0.2) is 31.7 Å². The van der Waals surface area contributed by atoms with Crippen molar-refractivity contribution in [3.05, 3.63) is 42.5 Å². The highest BCUT2D eigenvalue weighted by atomic mass is 16.5. The molecule has 100 valence electrons. The number of hydrogen-bond acceptors (Lipinski definition) is 4. The van der Waals surface area contributed by atoms with Gasteiger partial charge in [0.25, 0.3) is 0 Å². The maximum atomic E-state index is 11.3. The average Bonchev–Trinajstić information content (AvgIpc) is 2.44. The summed E-state index contributed by atoms with van der Waals surface area (Å²) in [6.45, 7) is 3.65. The second kappa shape index (κ2) is 7.65. The SMILES string of the molecule is C=CCNC(=O)C(=O)N/N=C/c1cccc(OC)c1. The molecule has 0 spiro atoms. The van der Waals surface area contributed by atoms with Gasteiger partial charge in [0.1, 0.15) is 5.75 Å². The van der Waals surface area contributed by atoms with Crippen molar-refractivity contribution in [3.63, 3.8) is 0 Å². The zero-order valence-electron chi connectivity index (χ0n) is 10.6. The number of nitrogens with zero attached hydrogens (tertiary/aromatic N) is 1. The van der Waals surface area contributed by atoms with E-state index in [1.54, 1.807) is 31.4 Å². The van der Waals surface area contributed by atoms with Crippen LogP contribution in [0, 0.1) is 0 Å². The summed E-state index contributed by atoms with van der Waals surface area (Å²) in [4.78, 5) is 22.4. The normalized spacial score (nSPS) is 9.95. The first-order chi connectivity index (χ1) is 9.17. The first kappa shape index (κ1) is 14.4. The highest BCUT2D eigenvalue weighted by molar-refractivity contribution is 6.35. The molecule has 0 aliphatic rings. The topological polar surface area (TPSA) is 79.8 Å². The molecule has 1 aromatic rings. The van der Waals surface area contributed by atoms with Crippen LogP contribution in [0.3, 0.4) is 0 Å². The van der Waals surface area contributed by atoms with Crippen molar-refractivity contribution in [2.45, 2.75) is 0 Å². The van der Waals surface area contributed by atoms with Gasteiger partial charge in [0.05, 0.1) is 13.3 Å². The minimum atomic E-state index is -0.832. The third-order valence-corrected chi connectivity index (χ3v) is 2.09. The largest absolute Gasteiger partial charge is 0.497 e. The van der Waals surface area contributed by atoms with Gasteiger partial charge in [0.2, 0.25) is 0 Å².